The van der Waals surface area contributed by atoms with Gasteiger partial charge in [-0.2, -0.15) is 0 Å². The van der Waals surface area contributed by atoms with E-state index in [2.05, 4.69) is 10.2 Å². The lowest BCUT2D eigenvalue weighted by atomic mass is 10.1. The Morgan fingerprint density at radius 2 is 1.75 bits per heavy atom. The number of amides is 2. The average Bonchev–Trinajstić information content (AvgIpc) is 2.71. The van der Waals surface area contributed by atoms with Gasteiger partial charge in [0.1, 0.15) is 0 Å². The molecule has 1 saturated heterocycles. The number of carbonyl (C=O) groups is 2. The molecule has 6 nitrogen and oxygen atoms in total. The van der Waals surface area contributed by atoms with Gasteiger partial charge in [-0.25, -0.2) is 0 Å². The van der Waals surface area contributed by atoms with E-state index in [0.717, 1.165) is 18.8 Å². The van der Waals surface area contributed by atoms with Crippen LogP contribution < -0.4 is 10.2 Å². The normalized spacial score (nSPS) is 13.9. The van der Waals surface area contributed by atoms with Crippen molar-refractivity contribution in [1.82, 2.24) is 4.90 Å². The quantitative estimate of drug-likeness (QED) is 0.801. The van der Waals surface area contributed by atoms with Gasteiger partial charge < -0.3 is 19.9 Å². The monoisotopic (exact) mass is 421 g/mol. The second kappa shape index (κ2) is 9.28. The van der Waals surface area contributed by atoms with E-state index in [9.17, 15) is 9.59 Å². The van der Waals surface area contributed by atoms with Gasteiger partial charge in [-0.15, -0.1) is 0 Å². The number of rotatable bonds is 5. The van der Waals surface area contributed by atoms with Crippen LogP contribution in [-0.2, 0) is 9.53 Å². The van der Waals surface area contributed by atoms with Crippen molar-refractivity contribution in [1.29, 1.82) is 0 Å². The summed E-state index contributed by atoms with van der Waals surface area (Å²) in [6.07, 6.45) is 0. The first kappa shape index (κ1) is 20.5. The molecule has 0 aliphatic carbocycles. The molecule has 1 N–H and O–H groups in total. The lowest BCUT2D eigenvalue weighted by molar-refractivity contribution is -0.116. The average molecular weight is 422 g/mol. The van der Waals surface area contributed by atoms with Gasteiger partial charge in [0.05, 0.1) is 29.8 Å². The Bertz CT molecular complexity index is 852. The largest absolute Gasteiger partial charge is 0.378 e. The molecule has 0 saturated carbocycles. The Morgan fingerprint density at radius 3 is 2.39 bits per heavy atom. The summed E-state index contributed by atoms with van der Waals surface area (Å²) in [5.74, 6) is -0.544. The van der Waals surface area contributed by atoms with E-state index in [1.54, 1.807) is 37.4 Å². The maximum Gasteiger partial charge on any atom is 0.254 e. The summed E-state index contributed by atoms with van der Waals surface area (Å²) < 4.78 is 5.35. The number of carbonyl (C=O) groups excluding carboxylic acids is 2. The number of benzene rings is 2. The molecule has 0 atom stereocenters. The Hall–Kier alpha value is -2.28. The van der Waals surface area contributed by atoms with E-state index in [-0.39, 0.29) is 18.4 Å². The molecular formula is C20H21Cl2N3O3. The Labute approximate surface area is 174 Å². The number of likely N-dealkylation sites (N-methyl/N-ethyl adjacent to an activating group) is 1. The summed E-state index contributed by atoms with van der Waals surface area (Å²) in [6, 6.07) is 12.2. The summed E-state index contributed by atoms with van der Waals surface area (Å²) in [7, 11) is 1.59. The number of nitrogens with one attached hydrogen (secondary N) is 1. The van der Waals surface area contributed by atoms with Crippen molar-refractivity contribution >= 4 is 46.4 Å². The number of nitrogens with zero attached hydrogens (tertiary/aromatic N) is 2. The van der Waals surface area contributed by atoms with Crippen LogP contribution in [0.15, 0.2) is 42.5 Å². The standard InChI is InChI=1S/C20H21Cl2N3O3/c1-24(13-19(26)23-15-4-7-17(21)18(22)12-15)20(27)14-2-5-16(6-3-14)25-8-10-28-11-9-25/h2-7,12H,8-11,13H2,1H3,(H,23,26). The van der Waals surface area contributed by atoms with Crippen LogP contribution in [0, 0.1) is 0 Å². The highest BCUT2D eigenvalue weighted by atomic mass is 35.5. The third kappa shape index (κ3) is 5.16. The van der Waals surface area contributed by atoms with Crippen LogP contribution in [-0.4, -0.2) is 56.6 Å². The van der Waals surface area contributed by atoms with Crippen molar-refractivity contribution in [3.63, 3.8) is 0 Å². The van der Waals surface area contributed by atoms with Crippen LogP contribution in [0.3, 0.4) is 0 Å². The topological polar surface area (TPSA) is 61.9 Å². The predicted octanol–water partition coefficient (Wildman–Crippen LogP) is 3.54. The van der Waals surface area contributed by atoms with Gasteiger partial charge in [0.15, 0.2) is 0 Å². The van der Waals surface area contributed by atoms with Crippen LogP contribution >= 0.6 is 23.2 Å². The smallest absolute Gasteiger partial charge is 0.254 e. The van der Waals surface area contributed by atoms with Crippen molar-refractivity contribution in [3.05, 3.63) is 58.1 Å². The van der Waals surface area contributed by atoms with Crippen LogP contribution in [0.4, 0.5) is 11.4 Å². The molecule has 0 spiro atoms. The van der Waals surface area contributed by atoms with Crippen LogP contribution in [0.1, 0.15) is 10.4 Å². The van der Waals surface area contributed by atoms with E-state index < -0.39 is 0 Å². The lowest BCUT2D eigenvalue weighted by Gasteiger charge is -2.29. The van der Waals surface area contributed by atoms with Crippen LogP contribution in [0.5, 0.6) is 0 Å². The first-order valence-electron chi connectivity index (χ1n) is 8.87. The highest BCUT2D eigenvalue weighted by molar-refractivity contribution is 6.42. The number of hydrogen-bond acceptors (Lipinski definition) is 4. The van der Waals surface area contributed by atoms with Gasteiger partial charge in [0.2, 0.25) is 5.91 Å². The fourth-order valence-electron chi connectivity index (χ4n) is 2.92. The van der Waals surface area contributed by atoms with Gasteiger partial charge in [0, 0.05) is 37.1 Å². The molecule has 0 bridgehead atoms. The highest BCUT2D eigenvalue weighted by Gasteiger charge is 2.17. The zero-order valence-corrected chi connectivity index (χ0v) is 17.0. The van der Waals surface area contributed by atoms with Crippen molar-refractivity contribution in [2.24, 2.45) is 0 Å². The molecule has 2 aromatic carbocycles. The van der Waals surface area contributed by atoms with Gasteiger partial charge >= 0.3 is 0 Å². The molecule has 0 radical (unpaired) electrons. The molecule has 148 valence electrons. The van der Waals surface area contributed by atoms with Gasteiger partial charge in [-0.3, -0.25) is 9.59 Å². The molecule has 28 heavy (non-hydrogen) atoms. The molecule has 2 amide bonds. The first-order chi connectivity index (χ1) is 13.4. The Balaban J connectivity index is 1.57. The summed E-state index contributed by atoms with van der Waals surface area (Å²) >= 11 is 11.8. The summed E-state index contributed by atoms with van der Waals surface area (Å²) in [4.78, 5) is 28.4. The lowest BCUT2D eigenvalue weighted by Crippen LogP contribution is -2.36. The second-order valence-corrected chi connectivity index (χ2v) is 7.30. The minimum atomic E-state index is -0.320. The Kier molecular flexibility index (Phi) is 6.78. The summed E-state index contributed by atoms with van der Waals surface area (Å²) in [5.41, 5.74) is 2.11. The molecule has 1 heterocycles. The molecule has 0 aromatic heterocycles. The SMILES string of the molecule is CN(CC(=O)Nc1ccc(Cl)c(Cl)c1)C(=O)c1ccc(N2CCOCC2)cc1. The maximum atomic E-state index is 12.6. The fourth-order valence-corrected chi connectivity index (χ4v) is 3.22. The van der Waals surface area contributed by atoms with Crippen molar-refractivity contribution in [2.75, 3.05) is 50.1 Å². The van der Waals surface area contributed by atoms with E-state index >= 15 is 0 Å². The second-order valence-electron chi connectivity index (χ2n) is 6.48. The minimum absolute atomic E-state index is 0.0791. The molecule has 2 aromatic rings. The maximum absolute atomic E-state index is 12.6. The zero-order chi connectivity index (χ0) is 20.1. The predicted molar refractivity (Wildman–Crippen MR) is 112 cm³/mol. The highest BCUT2D eigenvalue weighted by Crippen LogP contribution is 2.25. The van der Waals surface area contributed by atoms with Gasteiger partial charge in [-0.1, -0.05) is 23.2 Å². The van der Waals surface area contributed by atoms with E-state index in [0.29, 0.717) is 34.5 Å². The number of anilines is 2. The molecule has 1 aliphatic heterocycles. The van der Waals surface area contributed by atoms with Crippen molar-refractivity contribution in [3.8, 4) is 0 Å². The molecule has 0 unspecified atom stereocenters. The summed E-state index contributed by atoms with van der Waals surface area (Å²) in [6.45, 7) is 3.00. The summed E-state index contributed by atoms with van der Waals surface area (Å²) in [5, 5.41) is 3.47. The van der Waals surface area contributed by atoms with E-state index in [4.69, 9.17) is 27.9 Å². The van der Waals surface area contributed by atoms with Crippen molar-refractivity contribution < 1.29 is 14.3 Å². The molecule has 1 aliphatic rings. The number of hydrogen-bond donors (Lipinski definition) is 1. The molecule has 1 fully saturated rings. The third-order valence-corrected chi connectivity index (χ3v) is 5.16. The van der Waals surface area contributed by atoms with E-state index in [1.807, 2.05) is 12.1 Å². The van der Waals surface area contributed by atoms with Crippen LogP contribution in [0.2, 0.25) is 10.0 Å². The number of morpholine rings is 1. The molecule has 8 heteroatoms. The number of ether oxygens (including phenoxy) is 1. The van der Waals surface area contributed by atoms with Crippen molar-refractivity contribution in [2.45, 2.75) is 0 Å². The minimum Gasteiger partial charge on any atom is -0.378 e. The molecule has 3 rings (SSSR count). The van der Waals surface area contributed by atoms with E-state index in [1.165, 1.54) is 4.90 Å². The first-order valence-corrected chi connectivity index (χ1v) is 9.63. The van der Waals surface area contributed by atoms with Gasteiger partial charge in [0.25, 0.3) is 5.91 Å². The zero-order valence-electron chi connectivity index (χ0n) is 15.5. The van der Waals surface area contributed by atoms with Crippen LogP contribution in [0.25, 0.3) is 0 Å². The Morgan fingerprint density at radius 1 is 1.07 bits per heavy atom. The molecular weight excluding hydrogens is 401 g/mol. The van der Waals surface area contributed by atoms with Gasteiger partial charge in [-0.05, 0) is 42.5 Å². The number of halogens is 2. The fraction of sp³-hybridized carbons (Fsp3) is 0.300. The third-order valence-electron chi connectivity index (χ3n) is 4.42.